The molecular weight excluding hydrogens is 188 g/mol. The smallest absolute Gasteiger partial charge is 0.0580 e. The van der Waals surface area contributed by atoms with Crippen molar-refractivity contribution in [1.82, 2.24) is 0 Å². The van der Waals surface area contributed by atoms with Crippen molar-refractivity contribution in [2.45, 2.75) is 65.1 Å². The van der Waals surface area contributed by atoms with Gasteiger partial charge in [-0.15, -0.1) is 0 Å². The van der Waals surface area contributed by atoms with Crippen molar-refractivity contribution in [3.63, 3.8) is 0 Å². The maximum atomic E-state index is 9.86. The predicted octanol–water partition coefficient (Wildman–Crippen LogP) is 2.99. The van der Waals surface area contributed by atoms with Gasteiger partial charge in [-0.25, -0.2) is 0 Å². The summed E-state index contributed by atoms with van der Waals surface area (Å²) in [5.74, 6) is 1.36. The van der Waals surface area contributed by atoms with Crippen LogP contribution in [0.2, 0.25) is 0 Å². The van der Waals surface area contributed by atoms with Gasteiger partial charge in [0, 0.05) is 6.61 Å². The highest BCUT2D eigenvalue weighted by Crippen LogP contribution is 2.34. The van der Waals surface area contributed by atoms with Crippen LogP contribution in [-0.2, 0) is 4.74 Å². The average molecular weight is 214 g/mol. The van der Waals surface area contributed by atoms with Gasteiger partial charge in [-0.1, -0.05) is 20.3 Å². The van der Waals surface area contributed by atoms with Crippen LogP contribution in [0.5, 0.6) is 0 Å². The highest BCUT2D eigenvalue weighted by Gasteiger charge is 2.31. The van der Waals surface area contributed by atoms with Gasteiger partial charge in [0.2, 0.25) is 0 Å². The van der Waals surface area contributed by atoms with Gasteiger partial charge in [-0.2, -0.15) is 0 Å². The van der Waals surface area contributed by atoms with Crippen LogP contribution in [0.25, 0.3) is 0 Å². The molecule has 0 spiro atoms. The second-order valence-electron chi connectivity index (χ2n) is 5.05. The maximum absolute atomic E-state index is 9.86. The lowest BCUT2D eigenvalue weighted by Crippen LogP contribution is -2.33. The summed E-state index contributed by atoms with van der Waals surface area (Å²) < 4.78 is 5.51. The molecule has 1 saturated carbocycles. The molecule has 1 N–H and O–H groups in total. The Morgan fingerprint density at radius 3 is 2.53 bits per heavy atom. The molecule has 0 aliphatic heterocycles. The Labute approximate surface area is 94.0 Å². The highest BCUT2D eigenvalue weighted by molar-refractivity contribution is 4.82. The molecule has 2 unspecified atom stereocenters. The molecule has 0 aromatic rings. The fraction of sp³-hybridized carbons (Fsp3) is 1.00. The number of aliphatic hydroxyl groups is 1. The first-order valence-electron chi connectivity index (χ1n) is 6.45. The van der Waals surface area contributed by atoms with Crippen molar-refractivity contribution in [3.8, 4) is 0 Å². The highest BCUT2D eigenvalue weighted by atomic mass is 16.5. The lowest BCUT2D eigenvalue weighted by molar-refractivity contribution is -0.0394. The zero-order valence-electron chi connectivity index (χ0n) is 10.4. The third-order valence-electron chi connectivity index (χ3n) is 3.57. The number of ether oxygens (including phenoxy) is 1. The average Bonchev–Trinajstić information content (AvgIpc) is 2.14. The molecule has 1 aliphatic carbocycles. The summed E-state index contributed by atoms with van der Waals surface area (Å²) in [4.78, 5) is 0. The van der Waals surface area contributed by atoms with Crippen LogP contribution in [0.15, 0.2) is 0 Å². The summed E-state index contributed by atoms with van der Waals surface area (Å²) >= 11 is 0. The molecule has 2 atom stereocenters. The van der Waals surface area contributed by atoms with Gasteiger partial charge in [-0.3, -0.25) is 0 Å². The van der Waals surface area contributed by atoms with Crippen molar-refractivity contribution in [3.05, 3.63) is 0 Å². The molecule has 0 bridgehead atoms. The molecule has 90 valence electrons. The molecule has 0 saturated heterocycles. The Hall–Kier alpha value is -0.0800. The first kappa shape index (κ1) is 13.0. The lowest BCUT2D eigenvalue weighted by Gasteiger charge is -2.36. The Bertz CT molecular complexity index is 164. The normalized spacial score (nSPS) is 29.6. The standard InChI is InChI=1S/C13H26O2/c1-4-10(3)6-12(14)7-11-8-13(9-11)15-5-2/h10-14H,4-9H2,1-3H3. The van der Waals surface area contributed by atoms with E-state index in [0.717, 1.165) is 32.3 Å². The van der Waals surface area contributed by atoms with E-state index >= 15 is 0 Å². The Kier molecular flexibility index (Phi) is 5.62. The van der Waals surface area contributed by atoms with E-state index in [4.69, 9.17) is 4.74 Å². The second-order valence-corrected chi connectivity index (χ2v) is 5.05. The summed E-state index contributed by atoms with van der Waals surface area (Å²) in [6.07, 6.45) is 5.82. The summed E-state index contributed by atoms with van der Waals surface area (Å²) in [5, 5.41) is 9.86. The van der Waals surface area contributed by atoms with E-state index in [2.05, 4.69) is 13.8 Å². The van der Waals surface area contributed by atoms with E-state index in [1.165, 1.54) is 6.42 Å². The maximum Gasteiger partial charge on any atom is 0.0580 e. The monoisotopic (exact) mass is 214 g/mol. The Morgan fingerprint density at radius 2 is 2.00 bits per heavy atom. The van der Waals surface area contributed by atoms with E-state index in [1.54, 1.807) is 0 Å². The molecule has 1 fully saturated rings. The van der Waals surface area contributed by atoms with Crippen LogP contribution in [0.3, 0.4) is 0 Å². The van der Waals surface area contributed by atoms with Gasteiger partial charge in [-0.05, 0) is 44.4 Å². The third-order valence-corrected chi connectivity index (χ3v) is 3.57. The zero-order chi connectivity index (χ0) is 11.3. The summed E-state index contributed by atoms with van der Waals surface area (Å²) in [7, 11) is 0. The van der Waals surface area contributed by atoms with Crippen LogP contribution >= 0.6 is 0 Å². The molecule has 2 heteroatoms. The molecule has 0 aromatic heterocycles. The van der Waals surface area contributed by atoms with Crippen LogP contribution < -0.4 is 0 Å². The first-order valence-corrected chi connectivity index (χ1v) is 6.45. The van der Waals surface area contributed by atoms with Crippen molar-refractivity contribution < 1.29 is 9.84 Å². The Morgan fingerprint density at radius 1 is 1.33 bits per heavy atom. The number of rotatable bonds is 7. The van der Waals surface area contributed by atoms with Crippen LogP contribution in [-0.4, -0.2) is 23.9 Å². The lowest BCUT2D eigenvalue weighted by atomic mass is 9.77. The number of hydrogen-bond donors (Lipinski definition) is 1. The van der Waals surface area contributed by atoms with Crippen LogP contribution in [0.1, 0.15) is 52.9 Å². The molecule has 1 aliphatic rings. The molecular formula is C13H26O2. The van der Waals surface area contributed by atoms with Gasteiger partial charge >= 0.3 is 0 Å². The Balaban J connectivity index is 2.05. The molecule has 0 heterocycles. The molecule has 0 aromatic carbocycles. The largest absolute Gasteiger partial charge is 0.393 e. The fourth-order valence-corrected chi connectivity index (χ4v) is 2.35. The minimum absolute atomic E-state index is 0.0903. The quantitative estimate of drug-likeness (QED) is 0.706. The van der Waals surface area contributed by atoms with E-state index in [9.17, 15) is 5.11 Å². The van der Waals surface area contributed by atoms with E-state index in [0.29, 0.717) is 17.9 Å². The molecule has 0 amide bonds. The van der Waals surface area contributed by atoms with Gasteiger partial charge < -0.3 is 9.84 Å². The number of hydrogen-bond acceptors (Lipinski definition) is 2. The summed E-state index contributed by atoms with van der Waals surface area (Å²) in [5.41, 5.74) is 0. The van der Waals surface area contributed by atoms with Gasteiger partial charge in [0.25, 0.3) is 0 Å². The van der Waals surface area contributed by atoms with E-state index in [1.807, 2.05) is 6.92 Å². The van der Waals surface area contributed by atoms with E-state index < -0.39 is 0 Å². The summed E-state index contributed by atoms with van der Waals surface area (Å²) in [6, 6.07) is 0. The molecule has 2 nitrogen and oxygen atoms in total. The zero-order valence-corrected chi connectivity index (χ0v) is 10.4. The van der Waals surface area contributed by atoms with Crippen LogP contribution in [0, 0.1) is 11.8 Å². The fourth-order valence-electron chi connectivity index (χ4n) is 2.35. The minimum atomic E-state index is -0.0903. The second kappa shape index (κ2) is 6.49. The first-order chi connectivity index (χ1) is 7.15. The molecule has 1 rings (SSSR count). The topological polar surface area (TPSA) is 29.5 Å². The number of aliphatic hydroxyl groups excluding tert-OH is 1. The molecule has 15 heavy (non-hydrogen) atoms. The van der Waals surface area contributed by atoms with E-state index in [-0.39, 0.29) is 6.10 Å². The van der Waals surface area contributed by atoms with Crippen molar-refractivity contribution in [2.24, 2.45) is 11.8 Å². The van der Waals surface area contributed by atoms with Crippen LogP contribution in [0.4, 0.5) is 0 Å². The van der Waals surface area contributed by atoms with Gasteiger partial charge in [0.1, 0.15) is 0 Å². The minimum Gasteiger partial charge on any atom is -0.393 e. The van der Waals surface area contributed by atoms with Crippen molar-refractivity contribution in [2.75, 3.05) is 6.61 Å². The molecule has 0 radical (unpaired) electrons. The van der Waals surface area contributed by atoms with Crippen molar-refractivity contribution >= 4 is 0 Å². The van der Waals surface area contributed by atoms with Crippen molar-refractivity contribution in [1.29, 1.82) is 0 Å². The predicted molar refractivity (Wildman–Crippen MR) is 62.8 cm³/mol. The summed E-state index contributed by atoms with van der Waals surface area (Å²) in [6.45, 7) is 7.27. The SMILES string of the molecule is CCOC1CC(CC(O)CC(C)CC)C1. The van der Waals surface area contributed by atoms with Gasteiger partial charge in [0.15, 0.2) is 0 Å². The van der Waals surface area contributed by atoms with Gasteiger partial charge in [0.05, 0.1) is 12.2 Å². The third kappa shape index (κ3) is 4.52.